The molecule has 0 N–H and O–H groups in total. The minimum atomic E-state index is 0.372. The van der Waals surface area contributed by atoms with Crippen molar-refractivity contribution in [2.24, 2.45) is 17.3 Å². The lowest BCUT2D eigenvalue weighted by Gasteiger charge is -2.58. The Hall–Kier alpha value is -0.430. The predicted octanol–water partition coefficient (Wildman–Crippen LogP) is 5.63. The van der Waals surface area contributed by atoms with Gasteiger partial charge in [-0.05, 0) is 49.1 Å². The third-order valence-corrected chi connectivity index (χ3v) is 6.84. The van der Waals surface area contributed by atoms with E-state index in [9.17, 15) is 0 Å². The van der Waals surface area contributed by atoms with E-state index < -0.39 is 0 Å². The van der Waals surface area contributed by atoms with Gasteiger partial charge in [0.2, 0.25) is 0 Å². The van der Waals surface area contributed by atoms with Gasteiger partial charge < -0.3 is 0 Å². The monoisotopic (exact) mass is 262 g/mol. The zero-order chi connectivity index (χ0) is 13.4. The summed E-state index contributed by atoms with van der Waals surface area (Å²) >= 11 is 2.08. The largest absolute Gasteiger partial charge is 0.119 e. The van der Waals surface area contributed by atoms with Crippen LogP contribution in [0.4, 0.5) is 0 Å². The Kier molecular flexibility index (Phi) is 3.82. The second-order valence-corrected chi connectivity index (χ2v) is 8.20. The van der Waals surface area contributed by atoms with E-state index in [2.05, 4.69) is 76.7 Å². The van der Waals surface area contributed by atoms with E-state index in [4.69, 9.17) is 0 Å². The molecule has 1 aliphatic carbocycles. The number of rotatable bonds is 4. The molecule has 1 aromatic rings. The Labute approximate surface area is 117 Å². The molecule has 0 bridgehead atoms. The second-order valence-electron chi connectivity index (χ2n) is 6.59. The summed E-state index contributed by atoms with van der Waals surface area (Å²) in [6.07, 6.45) is 2.63. The Morgan fingerprint density at radius 2 is 1.89 bits per heavy atom. The number of hydrogen-bond donors (Lipinski definition) is 0. The van der Waals surface area contributed by atoms with Gasteiger partial charge >= 0.3 is 0 Å². The Balaban J connectivity index is 2.17. The summed E-state index contributed by atoms with van der Waals surface area (Å²) < 4.78 is 0.372. The van der Waals surface area contributed by atoms with Crippen molar-refractivity contribution in [3.05, 3.63) is 30.3 Å². The lowest BCUT2D eigenvalue weighted by Crippen LogP contribution is -2.53. The minimum absolute atomic E-state index is 0.372. The number of benzene rings is 1. The molecular weight excluding hydrogens is 236 g/mol. The van der Waals surface area contributed by atoms with Gasteiger partial charge in [-0.15, -0.1) is 11.8 Å². The fourth-order valence-electron chi connectivity index (χ4n) is 3.33. The van der Waals surface area contributed by atoms with Crippen LogP contribution in [-0.4, -0.2) is 4.75 Å². The quantitative estimate of drug-likeness (QED) is 0.634. The van der Waals surface area contributed by atoms with E-state index in [0.717, 1.165) is 11.8 Å². The van der Waals surface area contributed by atoms with Gasteiger partial charge in [-0.25, -0.2) is 0 Å². The molecule has 3 atom stereocenters. The summed E-state index contributed by atoms with van der Waals surface area (Å²) in [6, 6.07) is 10.9. The average molecular weight is 262 g/mol. The summed E-state index contributed by atoms with van der Waals surface area (Å²) in [6.45, 7) is 12.1. The van der Waals surface area contributed by atoms with Crippen LogP contribution in [0.2, 0.25) is 0 Å². The fraction of sp³-hybridized carbons (Fsp3) is 0.647. The molecule has 0 saturated heterocycles. The molecule has 18 heavy (non-hydrogen) atoms. The Morgan fingerprint density at radius 1 is 1.28 bits per heavy atom. The first-order chi connectivity index (χ1) is 8.40. The van der Waals surface area contributed by atoms with Gasteiger partial charge in [0.15, 0.2) is 0 Å². The highest BCUT2D eigenvalue weighted by atomic mass is 32.2. The third-order valence-electron chi connectivity index (χ3n) is 5.29. The van der Waals surface area contributed by atoms with Gasteiger partial charge in [0.25, 0.3) is 0 Å². The van der Waals surface area contributed by atoms with Crippen LogP contribution >= 0.6 is 11.8 Å². The Morgan fingerprint density at radius 3 is 2.33 bits per heavy atom. The zero-order valence-corrected chi connectivity index (χ0v) is 13.2. The lowest BCUT2D eigenvalue weighted by atomic mass is 9.51. The standard InChI is InChI=1S/C17H26S/c1-6-17(5,15-12-13(2)16(15,3)4)18-14-10-8-7-9-11-14/h7-11,13,15H,6,12H2,1-5H3. The molecule has 0 radical (unpaired) electrons. The first-order valence-corrected chi connectivity index (χ1v) is 7.96. The van der Waals surface area contributed by atoms with Crippen molar-refractivity contribution < 1.29 is 0 Å². The smallest absolute Gasteiger partial charge is 0.0209 e. The van der Waals surface area contributed by atoms with E-state index in [1.54, 1.807) is 0 Å². The molecule has 1 heteroatoms. The SMILES string of the molecule is CCC(C)(Sc1ccccc1)C1CC(C)C1(C)C. The average Bonchev–Trinajstić information content (AvgIpc) is 2.37. The van der Waals surface area contributed by atoms with Gasteiger partial charge in [-0.1, -0.05) is 45.9 Å². The normalized spacial score (nSPS) is 29.4. The molecule has 1 aromatic carbocycles. The molecule has 0 aliphatic heterocycles. The highest BCUT2D eigenvalue weighted by Gasteiger charge is 2.53. The van der Waals surface area contributed by atoms with Crippen LogP contribution in [0.1, 0.15) is 47.5 Å². The Bertz CT molecular complexity index is 395. The van der Waals surface area contributed by atoms with Gasteiger partial charge in [-0.3, -0.25) is 0 Å². The van der Waals surface area contributed by atoms with E-state index in [1.165, 1.54) is 17.7 Å². The van der Waals surface area contributed by atoms with Crippen molar-refractivity contribution in [2.45, 2.75) is 57.1 Å². The van der Waals surface area contributed by atoms with Crippen molar-refractivity contribution >= 4 is 11.8 Å². The minimum Gasteiger partial charge on any atom is -0.119 e. The van der Waals surface area contributed by atoms with E-state index in [0.29, 0.717) is 10.2 Å². The highest BCUT2D eigenvalue weighted by molar-refractivity contribution is 8.00. The van der Waals surface area contributed by atoms with Crippen LogP contribution in [0.25, 0.3) is 0 Å². The summed E-state index contributed by atoms with van der Waals surface area (Å²) in [7, 11) is 0. The van der Waals surface area contributed by atoms with Crippen LogP contribution in [0.3, 0.4) is 0 Å². The van der Waals surface area contributed by atoms with Crippen molar-refractivity contribution in [3.8, 4) is 0 Å². The summed E-state index contributed by atoms with van der Waals surface area (Å²) in [5.74, 6) is 1.69. The van der Waals surface area contributed by atoms with Crippen molar-refractivity contribution in [2.75, 3.05) is 0 Å². The molecule has 0 heterocycles. The van der Waals surface area contributed by atoms with Gasteiger partial charge in [0.05, 0.1) is 0 Å². The lowest BCUT2D eigenvalue weighted by molar-refractivity contribution is -0.0312. The van der Waals surface area contributed by atoms with Crippen molar-refractivity contribution in [1.29, 1.82) is 0 Å². The molecule has 3 unspecified atom stereocenters. The fourth-order valence-corrected chi connectivity index (χ4v) is 4.85. The van der Waals surface area contributed by atoms with Crippen LogP contribution < -0.4 is 0 Å². The summed E-state index contributed by atoms with van der Waals surface area (Å²) in [5.41, 5.74) is 0.493. The molecule has 0 nitrogen and oxygen atoms in total. The first kappa shape index (κ1) is 14.0. The van der Waals surface area contributed by atoms with Crippen molar-refractivity contribution in [1.82, 2.24) is 0 Å². The first-order valence-electron chi connectivity index (χ1n) is 7.14. The zero-order valence-electron chi connectivity index (χ0n) is 12.4. The van der Waals surface area contributed by atoms with Crippen LogP contribution in [0.5, 0.6) is 0 Å². The highest BCUT2D eigenvalue weighted by Crippen LogP contribution is 2.60. The number of hydrogen-bond acceptors (Lipinski definition) is 1. The summed E-state index contributed by atoms with van der Waals surface area (Å²) in [5, 5.41) is 0. The van der Waals surface area contributed by atoms with Crippen LogP contribution in [0, 0.1) is 17.3 Å². The second kappa shape index (κ2) is 4.92. The molecule has 1 saturated carbocycles. The van der Waals surface area contributed by atoms with Crippen molar-refractivity contribution in [3.63, 3.8) is 0 Å². The summed E-state index contributed by atoms with van der Waals surface area (Å²) in [4.78, 5) is 1.41. The van der Waals surface area contributed by atoms with Crippen LogP contribution in [0.15, 0.2) is 35.2 Å². The molecule has 2 rings (SSSR count). The van der Waals surface area contributed by atoms with E-state index >= 15 is 0 Å². The topological polar surface area (TPSA) is 0 Å². The molecule has 100 valence electrons. The molecular formula is C17H26S. The van der Waals surface area contributed by atoms with E-state index in [-0.39, 0.29) is 0 Å². The maximum atomic E-state index is 2.46. The maximum absolute atomic E-state index is 2.46. The predicted molar refractivity (Wildman–Crippen MR) is 82.0 cm³/mol. The van der Waals surface area contributed by atoms with Gasteiger partial charge in [0.1, 0.15) is 0 Å². The van der Waals surface area contributed by atoms with Gasteiger partial charge in [0, 0.05) is 9.64 Å². The maximum Gasteiger partial charge on any atom is 0.0209 e. The van der Waals surface area contributed by atoms with E-state index in [1.807, 2.05) is 0 Å². The molecule has 1 aliphatic rings. The molecule has 0 spiro atoms. The molecule has 1 fully saturated rings. The third kappa shape index (κ3) is 2.34. The molecule has 0 aromatic heterocycles. The number of thioether (sulfide) groups is 1. The van der Waals surface area contributed by atoms with Gasteiger partial charge in [-0.2, -0.15) is 0 Å². The molecule has 0 amide bonds. The van der Waals surface area contributed by atoms with Crippen LogP contribution in [-0.2, 0) is 0 Å².